The van der Waals surface area contributed by atoms with Crippen LogP contribution < -0.4 is 10.2 Å². The van der Waals surface area contributed by atoms with Crippen molar-refractivity contribution in [3.8, 4) is 0 Å². The molecule has 1 aliphatic rings. The molecule has 0 aliphatic carbocycles. The van der Waals surface area contributed by atoms with Gasteiger partial charge in [0, 0.05) is 18.8 Å². The average molecular weight is 363 g/mol. The molecule has 0 fully saturated rings. The smallest absolute Gasteiger partial charge is 0.213 e. The monoisotopic (exact) mass is 362 g/mol. The van der Waals surface area contributed by atoms with E-state index in [1.807, 2.05) is 29.2 Å². The Hall–Kier alpha value is -1.82. The molecule has 4 rings (SSSR count). The van der Waals surface area contributed by atoms with Crippen molar-refractivity contribution in [1.29, 1.82) is 0 Å². The van der Waals surface area contributed by atoms with Crippen LogP contribution in [-0.2, 0) is 6.54 Å². The number of para-hydroxylation sites is 2. The largest absolute Gasteiger partial charge is 0.332 e. The van der Waals surface area contributed by atoms with Crippen molar-refractivity contribution < 1.29 is 0 Å². The molecule has 0 saturated heterocycles. The van der Waals surface area contributed by atoms with Crippen LogP contribution >= 0.6 is 35.4 Å². The third kappa shape index (κ3) is 2.55. The van der Waals surface area contributed by atoms with Gasteiger partial charge in [0.1, 0.15) is 0 Å². The van der Waals surface area contributed by atoms with E-state index in [1.54, 1.807) is 12.1 Å². The molecule has 2 aromatic carbocycles. The molecule has 0 spiro atoms. The third-order valence-electron chi connectivity index (χ3n) is 3.84. The molecule has 0 amide bonds. The Balaban J connectivity index is 1.62. The molecule has 1 aliphatic heterocycles. The average Bonchev–Trinajstić information content (AvgIpc) is 3.09. The van der Waals surface area contributed by atoms with Crippen LogP contribution in [0.2, 0.25) is 10.0 Å². The summed E-state index contributed by atoms with van der Waals surface area (Å²) in [5.41, 5.74) is 2.91. The summed E-state index contributed by atoms with van der Waals surface area (Å²) in [6.07, 6.45) is 0. The number of benzene rings is 2. The number of anilines is 2. The molecular formula is C16H12Cl2N4S. The van der Waals surface area contributed by atoms with Gasteiger partial charge in [0.05, 0.1) is 21.1 Å². The predicted molar refractivity (Wildman–Crippen MR) is 99.8 cm³/mol. The van der Waals surface area contributed by atoms with Crippen LogP contribution in [0.15, 0.2) is 42.5 Å². The van der Waals surface area contributed by atoms with Crippen molar-refractivity contribution in [3.63, 3.8) is 0 Å². The molecule has 2 heterocycles. The lowest BCUT2D eigenvalue weighted by Gasteiger charge is -2.18. The number of thiocarbonyl (C=S) groups is 1. The Morgan fingerprint density at radius 1 is 1.09 bits per heavy atom. The van der Waals surface area contributed by atoms with Crippen molar-refractivity contribution in [2.24, 2.45) is 0 Å². The second-order valence-electron chi connectivity index (χ2n) is 5.26. The number of imidazole rings is 1. The van der Waals surface area contributed by atoms with Gasteiger partial charge in [0.2, 0.25) is 5.95 Å². The first-order valence-electron chi connectivity index (χ1n) is 7.12. The van der Waals surface area contributed by atoms with Crippen molar-refractivity contribution in [3.05, 3.63) is 52.5 Å². The molecule has 23 heavy (non-hydrogen) atoms. The lowest BCUT2D eigenvalue weighted by molar-refractivity contribution is 0.829. The van der Waals surface area contributed by atoms with Crippen molar-refractivity contribution >= 4 is 63.2 Å². The molecule has 0 unspecified atom stereocenters. The molecule has 1 N–H and O–H groups in total. The quantitative estimate of drug-likeness (QED) is 0.643. The van der Waals surface area contributed by atoms with Gasteiger partial charge in [0.15, 0.2) is 5.11 Å². The summed E-state index contributed by atoms with van der Waals surface area (Å²) in [5, 5.41) is 4.81. The Labute approximate surface area is 148 Å². The number of fused-ring (bicyclic) bond motifs is 3. The molecule has 116 valence electrons. The van der Waals surface area contributed by atoms with Crippen molar-refractivity contribution in [2.45, 2.75) is 6.54 Å². The van der Waals surface area contributed by atoms with E-state index in [9.17, 15) is 0 Å². The highest BCUT2D eigenvalue weighted by atomic mass is 35.5. The van der Waals surface area contributed by atoms with E-state index in [0.717, 1.165) is 35.8 Å². The van der Waals surface area contributed by atoms with Gasteiger partial charge in [-0.3, -0.25) is 4.90 Å². The molecule has 0 saturated carbocycles. The van der Waals surface area contributed by atoms with E-state index in [1.165, 1.54) is 0 Å². The highest BCUT2D eigenvalue weighted by Gasteiger charge is 2.26. The third-order valence-corrected chi connectivity index (χ3v) is 4.90. The predicted octanol–water partition coefficient (Wildman–Crippen LogP) is 4.56. The van der Waals surface area contributed by atoms with Crippen molar-refractivity contribution in [1.82, 2.24) is 9.55 Å². The van der Waals surface area contributed by atoms with Gasteiger partial charge < -0.3 is 9.88 Å². The van der Waals surface area contributed by atoms with Crippen LogP contribution in [0, 0.1) is 0 Å². The van der Waals surface area contributed by atoms with Gasteiger partial charge in [-0.1, -0.05) is 35.3 Å². The van der Waals surface area contributed by atoms with E-state index in [2.05, 4.69) is 20.9 Å². The van der Waals surface area contributed by atoms with Crippen LogP contribution in [0.4, 0.5) is 11.6 Å². The van der Waals surface area contributed by atoms with E-state index < -0.39 is 0 Å². The summed E-state index contributed by atoms with van der Waals surface area (Å²) < 4.78 is 2.18. The zero-order valence-electron chi connectivity index (χ0n) is 12.0. The Kier molecular flexibility index (Phi) is 3.64. The van der Waals surface area contributed by atoms with Gasteiger partial charge in [-0.05, 0) is 42.5 Å². The second-order valence-corrected chi connectivity index (χ2v) is 6.46. The molecule has 0 atom stereocenters. The summed E-state index contributed by atoms with van der Waals surface area (Å²) in [5.74, 6) is 0.865. The lowest BCUT2D eigenvalue weighted by Crippen LogP contribution is -2.33. The molecule has 0 radical (unpaired) electrons. The fourth-order valence-corrected chi connectivity index (χ4v) is 3.34. The molecule has 7 heteroatoms. The van der Waals surface area contributed by atoms with Crippen LogP contribution in [-0.4, -0.2) is 21.2 Å². The summed E-state index contributed by atoms with van der Waals surface area (Å²) >= 11 is 17.5. The van der Waals surface area contributed by atoms with Gasteiger partial charge in [-0.2, -0.15) is 0 Å². The second kappa shape index (κ2) is 5.67. The van der Waals surface area contributed by atoms with Gasteiger partial charge in [-0.15, -0.1) is 0 Å². The van der Waals surface area contributed by atoms with Crippen LogP contribution in [0.3, 0.4) is 0 Å². The molecular weight excluding hydrogens is 351 g/mol. The highest BCUT2D eigenvalue weighted by molar-refractivity contribution is 7.80. The first kappa shape index (κ1) is 14.8. The molecule has 0 bridgehead atoms. The minimum Gasteiger partial charge on any atom is -0.332 e. The molecule has 1 aromatic heterocycles. The topological polar surface area (TPSA) is 33.1 Å². The number of nitrogens with one attached hydrogen (secondary N) is 1. The Morgan fingerprint density at radius 3 is 2.74 bits per heavy atom. The maximum atomic E-state index is 6.05. The van der Waals surface area contributed by atoms with E-state index in [0.29, 0.717) is 15.2 Å². The van der Waals surface area contributed by atoms with Crippen molar-refractivity contribution in [2.75, 3.05) is 16.8 Å². The summed E-state index contributed by atoms with van der Waals surface area (Å²) in [6.45, 7) is 1.65. The number of aromatic nitrogens is 2. The lowest BCUT2D eigenvalue weighted by atomic mass is 10.3. The number of nitrogens with zero attached hydrogens (tertiary/aromatic N) is 3. The molecule has 3 aromatic rings. The minimum absolute atomic E-state index is 0.494. The zero-order chi connectivity index (χ0) is 16.0. The SMILES string of the molecule is S=C(Nc1ccc(Cl)c(Cl)c1)N1CCn2c1nc1ccccc12. The van der Waals surface area contributed by atoms with Crippen LogP contribution in [0.5, 0.6) is 0 Å². The van der Waals surface area contributed by atoms with Crippen LogP contribution in [0.1, 0.15) is 0 Å². The summed E-state index contributed by atoms with van der Waals surface area (Å²) in [6, 6.07) is 13.4. The Bertz CT molecular complexity index is 922. The number of hydrogen-bond acceptors (Lipinski definition) is 2. The van der Waals surface area contributed by atoms with Gasteiger partial charge >= 0.3 is 0 Å². The fourth-order valence-electron chi connectivity index (χ4n) is 2.75. The molecule has 4 nitrogen and oxygen atoms in total. The first-order chi connectivity index (χ1) is 11.1. The zero-order valence-corrected chi connectivity index (χ0v) is 14.3. The van der Waals surface area contributed by atoms with E-state index >= 15 is 0 Å². The minimum atomic E-state index is 0.494. The maximum Gasteiger partial charge on any atom is 0.213 e. The number of halogens is 2. The maximum absolute atomic E-state index is 6.05. The summed E-state index contributed by atoms with van der Waals surface area (Å²) in [4.78, 5) is 6.68. The van der Waals surface area contributed by atoms with E-state index in [4.69, 9.17) is 35.4 Å². The summed E-state index contributed by atoms with van der Waals surface area (Å²) in [7, 11) is 0. The highest BCUT2D eigenvalue weighted by Crippen LogP contribution is 2.29. The number of hydrogen-bond donors (Lipinski definition) is 1. The van der Waals surface area contributed by atoms with Crippen LogP contribution in [0.25, 0.3) is 11.0 Å². The standard InChI is InChI=1S/C16H12Cl2N4S/c17-11-6-5-10(9-12(11)18)19-16(23)22-8-7-21-14-4-2-1-3-13(14)20-15(21)22/h1-6,9H,7-8H2,(H,19,23). The van der Waals surface area contributed by atoms with Gasteiger partial charge in [0.25, 0.3) is 0 Å². The normalized spacial score (nSPS) is 13.4. The first-order valence-corrected chi connectivity index (χ1v) is 8.29. The number of rotatable bonds is 1. The van der Waals surface area contributed by atoms with Gasteiger partial charge in [-0.25, -0.2) is 4.98 Å². The fraction of sp³-hybridized carbons (Fsp3) is 0.125. The Morgan fingerprint density at radius 2 is 1.91 bits per heavy atom. The van der Waals surface area contributed by atoms with E-state index in [-0.39, 0.29) is 0 Å².